The number of hydrogen-bond donors (Lipinski definition) is 1. The van der Waals surface area contributed by atoms with Gasteiger partial charge in [-0.1, -0.05) is 27.2 Å². The minimum atomic E-state index is 0.390. The molecule has 5 atom stereocenters. The van der Waals surface area contributed by atoms with Crippen LogP contribution in [0.15, 0.2) is 0 Å². The van der Waals surface area contributed by atoms with Crippen LogP contribution >= 0.6 is 0 Å². The molecule has 0 aromatic heterocycles. The first-order valence-electron chi connectivity index (χ1n) is 9.48. The Balaban J connectivity index is 1.43. The van der Waals surface area contributed by atoms with Crippen molar-refractivity contribution in [2.75, 3.05) is 19.6 Å². The summed E-state index contributed by atoms with van der Waals surface area (Å²) in [6, 6.07) is 1.52. The second-order valence-electron chi connectivity index (χ2n) is 9.62. The first-order chi connectivity index (χ1) is 10.0. The van der Waals surface area contributed by atoms with Gasteiger partial charge in [-0.3, -0.25) is 4.90 Å². The van der Waals surface area contributed by atoms with Gasteiger partial charge in [0, 0.05) is 31.7 Å². The summed E-state index contributed by atoms with van der Waals surface area (Å²) in [5.74, 6) is 4.22. The second-order valence-corrected chi connectivity index (χ2v) is 9.62. The minimum Gasteiger partial charge on any atom is -0.311 e. The van der Waals surface area contributed by atoms with Gasteiger partial charge in [-0.2, -0.15) is 0 Å². The molecule has 21 heavy (non-hydrogen) atoms. The Morgan fingerprint density at radius 1 is 1.00 bits per heavy atom. The van der Waals surface area contributed by atoms with Gasteiger partial charge in [0.2, 0.25) is 0 Å². The molecule has 0 aromatic carbocycles. The van der Waals surface area contributed by atoms with E-state index in [4.69, 9.17) is 0 Å². The second kappa shape index (κ2) is 5.23. The van der Waals surface area contributed by atoms with E-state index in [1.807, 2.05) is 0 Å². The molecule has 3 saturated carbocycles. The van der Waals surface area contributed by atoms with Crippen molar-refractivity contribution in [3.8, 4) is 0 Å². The molecule has 4 aliphatic rings. The zero-order chi connectivity index (χ0) is 14.6. The molecule has 120 valence electrons. The number of nitrogens with zero attached hydrogens (tertiary/aromatic N) is 1. The maximum atomic E-state index is 3.88. The highest BCUT2D eigenvalue weighted by Gasteiger charge is 2.45. The Morgan fingerprint density at radius 2 is 1.76 bits per heavy atom. The third kappa shape index (κ3) is 2.91. The van der Waals surface area contributed by atoms with E-state index in [1.54, 1.807) is 19.3 Å². The molecular formula is C19H34N2. The molecule has 2 bridgehead atoms. The molecule has 1 heterocycles. The van der Waals surface area contributed by atoms with Crippen LogP contribution in [-0.4, -0.2) is 36.6 Å². The van der Waals surface area contributed by atoms with Gasteiger partial charge in [0.1, 0.15) is 0 Å². The van der Waals surface area contributed by atoms with Crippen molar-refractivity contribution < 1.29 is 0 Å². The van der Waals surface area contributed by atoms with E-state index in [-0.39, 0.29) is 0 Å². The Labute approximate surface area is 131 Å². The predicted octanol–water partition coefficient (Wildman–Crippen LogP) is 3.52. The third-order valence-electron chi connectivity index (χ3n) is 7.02. The van der Waals surface area contributed by atoms with Crippen LogP contribution in [0.25, 0.3) is 0 Å². The van der Waals surface area contributed by atoms with E-state index in [0.29, 0.717) is 11.5 Å². The smallest absolute Gasteiger partial charge is 0.0249 e. The van der Waals surface area contributed by atoms with Crippen LogP contribution in [0.2, 0.25) is 0 Å². The molecule has 4 fully saturated rings. The standard InChI is InChI=1S/C19H34N2/c1-19(2,3)18-12-21(17(10-20-18)14-6-7-14)11-16-9-13-4-5-15(16)8-13/h13-18,20H,4-12H2,1-3H3. The van der Waals surface area contributed by atoms with Crippen molar-refractivity contribution in [3.63, 3.8) is 0 Å². The minimum absolute atomic E-state index is 0.390. The molecule has 3 aliphatic carbocycles. The molecule has 0 aromatic rings. The maximum absolute atomic E-state index is 3.88. The van der Waals surface area contributed by atoms with Crippen LogP contribution in [-0.2, 0) is 0 Å². The number of rotatable bonds is 3. The Kier molecular flexibility index (Phi) is 3.61. The average molecular weight is 290 g/mol. The zero-order valence-corrected chi connectivity index (χ0v) is 14.3. The van der Waals surface area contributed by atoms with Crippen LogP contribution < -0.4 is 5.32 Å². The zero-order valence-electron chi connectivity index (χ0n) is 14.3. The van der Waals surface area contributed by atoms with Crippen molar-refractivity contribution in [1.29, 1.82) is 0 Å². The first kappa shape index (κ1) is 14.5. The van der Waals surface area contributed by atoms with Crippen LogP contribution in [0.4, 0.5) is 0 Å². The molecule has 4 rings (SSSR count). The highest BCUT2D eigenvalue weighted by molar-refractivity contribution is 5.00. The Hall–Kier alpha value is -0.0800. The predicted molar refractivity (Wildman–Crippen MR) is 88.3 cm³/mol. The normalized spacial score (nSPS) is 44.4. The SMILES string of the molecule is CC(C)(C)C1CN(CC2CC3CCC2C3)C(C2CC2)CN1. The average Bonchev–Trinajstić information content (AvgIpc) is 3.06. The monoisotopic (exact) mass is 290 g/mol. The topological polar surface area (TPSA) is 15.3 Å². The van der Waals surface area contributed by atoms with Gasteiger partial charge >= 0.3 is 0 Å². The summed E-state index contributed by atoms with van der Waals surface area (Å²) in [5, 5.41) is 3.88. The van der Waals surface area contributed by atoms with Crippen LogP contribution in [0.1, 0.15) is 59.3 Å². The van der Waals surface area contributed by atoms with Crippen LogP contribution in [0.3, 0.4) is 0 Å². The molecule has 1 aliphatic heterocycles. The molecule has 0 radical (unpaired) electrons. The molecule has 2 nitrogen and oxygen atoms in total. The van der Waals surface area contributed by atoms with Crippen molar-refractivity contribution in [2.24, 2.45) is 29.1 Å². The highest BCUT2D eigenvalue weighted by Crippen LogP contribution is 2.49. The molecule has 2 heteroatoms. The lowest BCUT2D eigenvalue weighted by atomic mass is 9.83. The van der Waals surface area contributed by atoms with Gasteiger partial charge in [0.15, 0.2) is 0 Å². The molecule has 1 saturated heterocycles. The van der Waals surface area contributed by atoms with Gasteiger partial charge in [-0.15, -0.1) is 0 Å². The third-order valence-corrected chi connectivity index (χ3v) is 7.02. The number of fused-ring (bicyclic) bond motifs is 2. The molecular weight excluding hydrogens is 256 g/mol. The van der Waals surface area contributed by atoms with E-state index in [0.717, 1.165) is 29.7 Å². The molecule has 1 N–H and O–H groups in total. The summed E-state index contributed by atoms with van der Waals surface area (Å²) in [7, 11) is 0. The fraction of sp³-hybridized carbons (Fsp3) is 1.00. The number of piperazine rings is 1. The number of nitrogens with one attached hydrogen (secondary N) is 1. The van der Waals surface area contributed by atoms with E-state index in [1.165, 1.54) is 38.9 Å². The first-order valence-corrected chi connectivity index (χ1v) is 9.48. The van der Waals surface area contributed by atoms with E-state index < -0.39 is 0 Å². The maximum Gasteiger partial charge on any atom is 0.0249 e. The summed E-state index contributed by atoms with van der Waals surface area (Å²) >= 11 is 0. The van der Waals surface area contributed by atoms with Crippen molar-refractivity contribution in [3.05, 3.63) is 0 Å². The molecule has 0 spiro atoms. The lowest BCUT2D eigenvalue weighted by Gasteiger charge is -2.46. The van der Waals surface area contributed by atoms with E-state index in [2.05, 4.69) is 31.0 Å². The van der Waals surface area contributed by atoms with Gasteiger partial charge < -0.3 is 5.32 Å². The van der Waals surface area contributed by atoms with E-state index in [9.17, 15) is 0 Å². The highest BCUT2D eigenvalue weighted by atomic mass is 15.2. The van der Waals surface area contributed by atoms with Crippen molar-refractivity contribution in [1.82, 2.24) is 10.2 Å². The summed E-state index contributed by atoms with van der Waals surface area (Å²) in [4.78, 5) is 2.93. The number of hydrogen-bond acceptors (Lipinski definition) is 2. The largest absolute Gasteiger partial charge is 0.311 e. The fourth-order valence-electron chi connectivity index (χ4n) is 5.46. The van der Waals surface area contributed by atoms with Gasteiger partial charge in [0.25, 0.3) is 0 Å². The summed E-state index contributed by atoms with van der Waals surface area (Å²) in [6.07, 6.45) is 9.16. The van der Waals surface area contributed by atoms with Gasteiger partial charge in [-0.25, -0.2) is 0 Å². The lowest BCUT2D eigenvalue weighted by Crippen LogP contribution is -2.61. The quantitative estimate of drug-likeness (QED) is 0.855. The van der Waals surface area contributed by atoms with Gasteiger partial charge in [0.05, 0.1) is 0 Å². The summed E-state index contributed by atoms with van der Waals surface area (Å²) < 4.78 is 0. The molecule has 5 unspecified atom stereocenters. The summed E-state index contributed by atoms with van der Waals surface area (Å²) in [6.45, 7) is 11.1. The van der Waals surface area contributed by atoms with Crippen LogP contribution in [0.5, 0.6) is 0 Å². The van der Waals surface area contributed by atoms with E-state index >= 15 is 0 Å². The molecule has 0 amide bonds. The fourth-order valence-corrected chi connectivity index (χ4v) is 5.46. The lowest BCUT2D eigenvalue weighted by molar-refractivity contribution is 0.0531. The Morgan fingerprint density at radius 3 is 2.33 bits per heavy atom. The summed E-state index contributed by atoms with van der Waals surface area (Å²) in [5.41, 5.74) is 0.390. The van der Waals surface area contributed by atoms with Crippen LogP contribution in [0, 0.1) is 29.1 Å². The van der Waals surface area contributed by atoms with Crippen molar-refractivity contribution in [2.45, 2.75) is 71.4 Å². The van der Waals surface area contributed by atoms with Gasteiger partial charge in [-0.05, 0) is 61.2 Å². The Bertz CT molecular complexity index is 382. The van der Waals surface area contributed by atoms with Crippen molar-refractivity contribution >= 4 is 0 Å².